The Morgan fingerprint density at radius 3 is 2.31 bits per heavy atom. The number of aliphatic carboxylic acids is 1. The van der Waals surface area contributed by atoms with Crippen molar-refractivity contribution in [3.8, 4) is 23.2 Å². The number of carboxylic acids is 1. The topological polar surface area (TPSA) is 133 Å². The van der Waals surface area contributed by atoms with E-state index in [-0.39, 0.29) is 24.1 Å². The standard InChI is InChI=1S/C30H33N3O6/c1-39-22-10-6-20(7-11-22)17-30(13-2-3-14-30)29(38)32-25(28(36)37)16-19-4-8-21(9-5-19)33-26(34)23-12-15-31-18-24(23)27(33)35/h4-11,18,25,34-35H,2-3,12-17H2,1H3,(H,32,38)(H,36,37)/t25-/m0/s1. The number of rotatable bonds is 9. The van der Waals surface area contributed by atoms with E-state index in [1.807, 2.05) is 24.3 Å². The lowest BCUT2D eigenvalue weighted by molar-refractivity contribution is -0.143. The van der Waals surface area contributed by atoms with Gasteiger partial charge in [-0.2, -0.15) is 0 Å². The summed E-state index contributed by atoms with van der Waals surface area (Å²) < 4.78 is 6.59. The molecule has 5 rings (SSSR count). The summed E-state index contributed by atoms with van der Waals surface area (Å²) in [5.74, 6) is -0.702. The Morgan fingerprint density at radius 2 is 1.69 bits per heavy atom. The number of methoxy groups -OCH3 is 1. The molecule has 1 aliphatic carbocycles. The van der Waals surface area contributed by atoms with Crippen molar-refractivity contribution in [3.05, 3.63) is 70.8 Å². The fourth-order valence-corrected chi connectivity index (χ4v) is 5.77. The van der Waals surface area contributed by atoms with E-state index in [2.05, 4.69) is 10.3 Å². The second kappa shape index (κ2) is 10.8. The fraction of sp³-hybridized carbons (Fsp3) is 0.367. The van der Waals surface area contributed by atoms with Gasteiger partial charge in [0.2, 0.25) is 17.7 Å². The van der Waals surface area contributed by atoms with Crippen LogP contribution >= 0.6 is 0 Å². The lowest BCUT2D eigenvalue weighted by Crippen LogP contribution is -2.49. The Hall–Kier alpha value is -4.27. The van der Waals surface area contributed by atoms with Gasteiger partial charge >= 0.3 is 5.97 Å². The van der Waals surface area contributed by atoms with Gasteiger partial charge in [0.15, 0.2) is 0 Å². The lowest BCUT2D eigenvalue weighted by atomic mass is 9.78. The molecular weight excluding hydrogens is 498 g/mol. The Kier molecular flexibility index (Phi) is 7.32. The molecule has 1 fully saturated rings. The molecule has 9 heteroatoms. The van der Waals surface area contributed by atoms with Gasteiger partial charge in [-0.25, -0.2) is 4.79 Å². The number of aliphatic imine (C=N–C) groups is 1. The highest BCUT2D eigenvalue weighted by Crippen LogP contribution is 2.42. The number of amides is 1. The van der Waals surface area contributed by atoms with Crippen LogP contribution in [0.25, 0.3) is 5.69 Å². The molecule has 1 amide bonds. The van der Waals surface area contributed by atoms with Gasteiger partial charge in [-0.1, -0.05) is 37.1 Å². The van der Waals surface area contributed by atoms with Gasteiger partial charge < -0.3 is 25.4 Å². The molecular formula is C30H33N3O6. The zero-order chi connectivity index (χ0) is 27.6. The number of carbonyl (C=O) groups is 2. The van der Waals surface area contributed by atoms with Crippen molar-refractivity contribution in [2.45, 2.75) is 51.0 Å². The smallest absolute Gasteiger partial charge is 0.326 e. The molecule has 1 aliphatic heterocycles. The molecule has 0 saturated heterocycles. The third-order valence-corrected chi connectivity index (χ3v) is 7.95. The zero-order valence-electron chi connectivity index (χ0n) is 21.9. The SMILES string of the molecule is COc1ccc(CC2(C(=O)N[C@@H](Cc3ccc(-n4c(O)c5c(c4O)CCN=C5)cc3)C(=O)O)CCCC2)cc1. The van der Waals surface area contributed by atoms with Crippen molar-refractivity contribution >= 4 is 18.1 Å². The number of benzene rings is 2. The van der Waals surface area contributed by atoms with Crippen LogP contribution in [0.5, 0.6) is 17.5 Å². The molecule has 4 N–H and O–H groups in total. The van der Waals surface area contributed by atoms with Crippen molar-refractivity contribution in [2.75, 3.05) is 13.7 Å². The minimum absolute atomic E-state index is 0.0317. The second-order valence-electron chi connectivity index (χ2n) is 10.4. The Bertz CT molecular complexity index is 1390. The summed E-state index contributed by atoms with van der Waals surface area (Å²) in [5.41, 5.74) is 2.77. The average molecular weight is 532 g/mol. The van der Waals surface area contributed by atoms with Crippen molar-refractivity contribution in [1.29, 1.82) is 0 Å². The van der Waals surface area contributed by atoms with Gasteiger partial charge in [0.25, 0.3) is 0 Å². The van der Waals surface area contributed by atoms with E-state index in [9.17, 15) is 24.9 Å². The minimum Gasteiger partial charge on any atom is -0.497 e. The third kappa shape index (κ3) is 5.21. The first-order valence-electron chi connectivity index (χ1n) is 13.2. The molecule has 1 aromatic heterocycles. The predicted molar refractivity (Wildman–Crippen MR) is 146 cm³/mol. The first kappa shape index (κ1) is 26.3. The minimum atomic E-state index is -1.10. The van der Waals surface area contributed by atoms with E-state index in [4.69, 9.17) is 4.74 Å². The van der Waals surface area contributed by atoms with Crippen LogP contribution in [0.2, 0.25) is 0 Å². The van der Waals surface area contributed by atoms with Crippen LogP contribution in [-0.4, -0.2) is 57.7 Å². The van der Waals surface area contributed by atoms with Gasteiger partial charge in [-0.15, -0.1) is 0 Å². The Morgan fingerprint density at radius 1 is 1.03 bits per heavy atom. The quantitative estimate of drug-likeness (QED) is 0.332. The molecule has 1 saturated carbocycles. The Balaban J connectivity index is 1.31. The maximum atomic E-state index is 13.5. The van der Waals surface area contributed by atoms with Crippen molar-refractivity contribution in [1.82, 2.24) is 9.88 Å². The number of nitrogens with one attached hydrogen (secondary N) is 1. The van der Waals surface area contributed by atoms with E-state index in [0.29, 0.717) is 54.6 Å². The average Bonchev–Trinajstić information content (AvgIpc) is 3.52. The summed E-state index contributed by atoms with van der Waals surface area (Å²) in [7, 11) is 1.61. The summed E-state index contributed by atoms with van der Waals surface area (Å²) >= 11 is 0. The molecule has 2 aromatic carbocycles. The maximum Gasteiger partial charge on any atom is 0.326 e. The highest BCUT2D eigenvalue weighted by Gasteiger charge is 2.42. The number of hydrogen-bond donors (Lipinski definition) is 4. The molecule has 0 radical (unpaired) electrons. The summed E-state index contributed by atoms with van der Waals surface area (Å²) in [6.07, 6.45) is 6.03. The summed E-state index contributed by atoms with van der Waals surface area (Å²) in [6, 6.07) is 13.5. The van der Waals surface area contributed by atoms with Gasteiger partial charge in [-0.3, -0.25) is 14.4 Å². The molecule has 0 spiro atoms. The molecule has 39 heavy (non-hydrogen) atoms. The van der Waals surface area contributed by atoms with Gasteiger partial charge in [0.05, 0.1) is 23.8 Å². The van der Waals surface area contributed by atoms with E-state index in [0.717, 1.165) is 24.2 Å². The molecule has 3 aromatic rings. The highest BCUT2D eigenvalue weighted by atomic mass is 16.5. The molecule has 204 valence electrons. The predicted octanol–water partition coefficient (Wildman–Crippen LogP) is 3.79. The number of nitrogens with zero attached hydrogens (tertiary/aromatic N) is 2. The van der Waals surface area contributed by atoms with E-state index in [1.165, 1.54) is 4.57 Å². The molecule has 2 heterocycles. The number of carboxylic acid groups (broad SMARTS) is 1. The zero-order valence-corrected chi connectivity index (χ0v) is 21.9. The van der Waals surface area contributed by atoms with Crippen molar-refractivity contribution in [3.63, 3.8) is 0 Å². The van der Waals surface area contributed by atoms with Crippen LogP contribution in [0.4, 0.5) is 0 Å². The maximum absolute atomic E-state index is 13.5. The highest BCUT2D eigenvalue weighted by molar-refractivity contribution is 5.89. The van der Waals surface area contributed by atoms with E-state index >= 15 is 0 Å². The fourth-order valence-electron chi connectivity index (χ4n) is 5.77. The normalized spacial score (nSPS) is 16.4. The number of aromatic nitrogens is 1. The molecule has 9 nitrogen and oxygen atoms in total. The van der Waals surface area contributed by atoms with E-state index < -0.39 is 17.4 Å². The number of fused-ring (bicyclic) bond motifs is 1. The van der Waals surface area contributed by atoms with Crippen LogP contribution in [0.15, 0.2) is 53.5 Å². The molecule has 0 unspecified atom stereocenters. The van der Waals surface area contributed by atoms with Crippen LogP contribution < -0.4 is 10.1 Å². The van der Waals surface area contributed by atoms with Gasteiger partial charge in [-0.05, 0) is 61.1 Å². The monoisotopic (exact) mass is 531 g/mol. The number of ether oxygens (including phenoxy) is 1. The van der Waals surface area contributed by atoms with Crippen LogP contribution in [0.1, 0.15) is 47.9 Å². The number of aromatic hydroxyl groups is 2. The molecule has 0 bridgehead atoms. The van der Waals surface area contributed by atoms with Gasteiger partial charge in [0, 0.05) is 24.7 Å². The lowest BCUT2D eigenvalue weighted by Gasteiger charge is -2.29. The number of hydrogen-bond acceptors (Lipinski definition) is 6. The van der Waals surface area contributed by atoms with Gasteiger partial charge in [0.1, 0.15) is 11.8 Å². The third-order valence-electron chi connectivity index (χ3n) is 7.95. The van der Waals surface area contributed by atoms with E-state index in [1.54, 1.807) is 37.6 Å². The molecule has 2 aliphatic rings. The Labute approximate surface area is 226 Å². The van der Waals surface area contributed by atoms with Crippen molar-refractivity contribution in [2.24, 2.45) is 10.4 Å². The first-order chi connectivity index (χ1) is 18.8. The second-order valence-corrected chi connectivity index (χ2v) is 10.4. The largest absolute Gasteiger partial charge is 0.497 e. The number of carbonyl (C=O) groups excluding carboxylic acids is 1. The first-order valence-corrected chi connectivity index (χ1v) is 13.2. The summed E-state index contributed by atoms with van der Waals surface area (Å²) in [4.78, 5) is 29.9. The summed E-state index contributed by atoms with van der Waals surface area (Å²) in [6.45, 7) is 0.548. The summed E-state index contributed by atoms with van der Waals surface area (Å²) in [5, 5.41) is 34.1. The van der Waals surface area contributed by atoms with Crippen LogP contribution in [0, 0.1) is 5.41 Å². The van der Waals surface area contributed by atoms with Crippen LogP contribution in [-0.2, 0) is 28.9 Å². The van der Waals surface area contributed by atoms with Crippen LogP contribution in [0.3, 0.4) is 0 Å². The molecule has 1 atom stereocenters. The van der Waals surface area contributed by atoms with Crippen molar-refractivity contribution < 1.29 is 29.6 Å².